The zero-order chi connectivity index (χ0) is 9.42. The van der Waals surface area contributed by atoms with Crippen molar-refractivity contribution in [3.63, 3.8) is 0 Å². The van der Waals surface area contributed by atoms with Crippen LogP contribution < -0.4 is 5.73 Å². The third kappa shape index (κ3) is 1.69. The molecule has 0 saturated heterocycles. The van der Waals surface area contributed by atoms with Crippen LogP contribution in [0.5, 0.6) is 0 Å². The number of fused-ring (bicyclic) bond motifs is 1. The van der Waals surface area contributed by atoms with Crippen LogP contribution in [-0.2, 0) is 12.8 Å². The summed E-state index contributed by atoms with van der Waals surface area (Å²) in [5, 5.41) is 0.543. The average Bonchev–Trinajstić information content (AvgIpc) is 2.02. The summed E-state index contributed by atoms with van der Waals surface area (Å²) in [5.74, 6) is -0.266. The molecular weight excluding hydrogens is 189 g/mol. The predicted molar refractivity (Wildman–Crippen MR) is 51.4 cm³/mol. The first-order chi connectivity index (χ1) is 6.16. The smallest absolute Gasteiger partial charge is 0.124 e. The van der Waals surface area contributed by atoms with Gasteiger partial charge in [0.05, 0.1) is 0 Å². The molecule has 1 unspecified atom stereocenters. The first-order valence-electron chi connectivity index (χ1n) is 4.39. The minimum atomic E-state index is -0.266. The lowest BCUT2D eigenvalue weighted by Crippen LogP contribution is -2.28. The van der Waals surface area contributed by atoms with E-state index in [9.17, 15) is 4.39 Å². The molecule has 1 aliphatic rings. The highest BCUT2D eigenvalue weighted by molar-refractivity contribution is 6.31. The van der Waals surface area contributed by atoms with Gasteiger partial charge in [-0.2, -0.15) is 0 Å². The van der Waals surface area contributed by atoms with Crippen LogP contribution >= 0.6 is 11.6 Å². The Morgan fingerprint density at radius 1 is 1.46 bits per heavy atom. The monoisotopic (exact) mass is 199 g/mol. The number of hydrogen-bond acceptors (Lipinski definition) is 1. The Bertz CT molecular complexity index is 338. The third-order valence-electron chi connectivity index (χ3n) is 2.50. The number of benzene rings is 1. The maximum atomic E-state index is 13.0. The standard InChI is InChI=1S/C10H11ClFN/c11-10-5-7(12)3-6-4-8(13)1-2-9(6)10/h3,5,8H,1-2,4,13H2. The summed E-state index contributed by atoms with van der Waals surface area (Å²) in [5.41, 5.74) is 7.83. The Hall–Kier alpha value is -0.600. The second-order valence-electron chi connectivity index (χ2n) is 3.53. The van der Waals surface area contributed by atoms with Gasteiger partial charge in [-0.05, 0) is 42.5 Å². The molecular formula is C10H11ClFN. The van der Waals surface area contributed by atoms with Crippen molar-refractivity contribution >= 4 is 11.6 Å². The van der Waals surface area contributed by atoms with Gasteiger partial charge >= 0.3 is 0 Å². The predicted octanol–water partition coefficient (Wildman–Crippen LogP) is 2.30. The summed E-state index contributed by atoms with van der Waals surface area (Å²) in [6.45, 7) is 0. The molecule has 0 spiro atoms. The van der Waals surface area contributed by atoms with Crippen molar-refractivity contribution < 1.29 is 4.39 Å². The first kappa shape index (κ1) is 8.97. The Labute approximate surface area is 81.7 Å². The molecule has 1 nitrogen and oxygen atoms in total. The van der Waals surface area contributed by atoms with Gasteiger partial charge in [0, 0.05) is 11.1 Å². The molecule has 1 aromatic rings. The van der Waals surface area contributed by atoms with Gasteiger partial charge in [0.25, 0.3) is 0 Å². The van der Waals surface area contributed by atoms with Gasteiger partial charge in [0.2, 0.25) is 0 Å². The molecule has 0 saturated carbocycles. The van der Waals surface area contributed by atoms with Gasteiger partial charge in [-0.1, -0.05) is 11.6 Å². The normalized spacial score (nSPS) is 21.3. The minimum Gasteiger partial charge on any atom is -0.327 e. The fourth-order valence-electron chi connectivity index (χ4n) is 1.83. The van der Waals surface area contributed by atoms with Crippen LogP contribution in [0.15, 0.2) is 12.1 Å². The van der Waals surface area contributed by atoms with Crippen molar-refractivity contribution in [1.29, 1.82) is 0 Å². The highest BCUT2D eigenvalue weighted by atomic mass is 35.5. The summed E-state index contributed by atoms with van der Waals surface area (Å²) in [4.78, 5) is 0. The van der Waals surface area contributed by atoms with Gasteiger partial charge in [-0.3, -0.25) is 0 Å². The number of hydrogen-bond donors (Lipinski definition) is 1. The van der Waals surface area contributed by atoms with Crippen LogP contribution in [0.2, 0.25) is 5.02 Å². The van der Waals surface area contributed by atoms with E-state index in [0.717, 1.165) is 30.4 Å². The summed E-state index contributed by atoms with van der Waals surface area (Å²) >= 11 is 5.91. The molecule has 0 radical (unpaired) electrons. The van der Waals surface area contributed by atoms with E-state index in [2.05, 4.69) is 0 Å². The molecule has 2 rings (SSSR count). The van der Waals surface area contributed by atoms with Crippen molar-refractivity contribution in [1.82, 2.24) is 0 Å². The molecule has 0 fully saturated rings. The van der Waals surface area contributed by atoms with Gasteiger partial charge < -0.3 is 5.73 Å². The quantitative estimate of drug-likeness (QED) is 0.682. The molecule has 1 aliphatic carbocycles. The number of nitrogens with two attached hydrogens (primary N) is 1. The Kier molecular flexibility index (Phi) is 2.26. The molecule has 70 valence electrons. The Balaban J connectivity index is 2.47. The molecule has 0 heterocycles. The van der Waals surface area contributed by atoms with E-state index >= 15 is 0 Å². The van der Waals surface area contributed by atoms with Crippen molar-refractivity contribution in [3.05, 3.63) is 34.1 Å². The van der Waals surface area contributed by atoms with Gasteiger partial charge in [-0.25, -0.2) is 4.39 Å². The van der Waals surface area contributed by atoms with E-state index in [0.29, 0.717) is 5.02 Å². The zero-order valence-corrected chi connectivity index (χ0v) is 7.94. The second kappa shape index (κ2) is 3.28. The fourth-order valence-corrected chi connectivity index (χ4v) is 2.15. The summed E-state index contributed by atoms with van der Waals surface area (Å²) in [6.07, 6.45) is 2.56. The number of rotatable bonds is 0. The van der Waals surface area contributed by atoms with Gasteiger partial charge in [0.15, 0.2) is 0 Å². The van der Waals surface area contributed by atoms with E-state index in [1.54, 1.807) is 6.07 Å². The number of halogens is 2. The lowest BCUT2D eigenvalue weighted by molar-refractivity contribution is 0.566. The third-order valence-corrected chi connectivity index (χ3v) is 2.84. The van der Waals surface area contributed by atoms with Crippen LogP contribution in [-0.4, -0.2) is 6.04 Å². The maximum absolute atomic E-state index is 13.0. The topological polar surface area (TPSA) is 26.0 Å². The van der Waals surface area contributed by atoms with Crippen molar-refractivity contribution in [2.45, 2.75) is 25.3 Å². The molecule has 13 heavy (non-hydrogen) atoms. The van der Waals surface area contributed by atoms with E-state index in [4.69, 9.17) is 17.3 Å². The van der Waals surface area contributed by atoms with Crippen molar-refractivity contribution in [3.8, 4) is 0 Å². The molecule has 3 heteroatoms. The summed E-state index contributed by atoms with van der Waals surface area (Å²) in [6, 6.07) is 3.07. The molecule has 1 aromatic carbocycles. The molecule has 0 bridgehead atoms. The van der Waals surface area contributed by atoms with Crippen molar-refractivity contribution in [2.24, 2.45) is 5.73 Å². The summed E-state index contributed by atoms with van der Waals surface area (Å²) in [7, 11) is 0. The maximum Gasteiger partial charge on any atom is 0.124 e. The molecule has 0 amide bonds. The SMILES string of the molecule is NC1CCc2c(Cl)cc(F)cc2C1. The van der Waals surface area contributed by atoms with Crippen LogP contribution in [0, 0.1) is 5.82 Å². The van der Waals surface area contributed by atoms with E-state index in [1.807, 2.05) is 0 Å². The molecule has 0 aliphatic heterocycles. The van der Waals surface area contributed by atoms with E-state index in [1.165, 1.54) is 6.07 Å². The largest absolute Gasteiger partial charge is 0.327 e. The van der Waals surface area contributed by atoms with Crippen molar-refractivity contribution in [2.75, 3.05) is 0 Å². The lowest BCUT2D eigenvalue weighted by atomic mass is 9.89. The van der Waals surface area contributed by atoms with E-state index < -0.39 is 0 Å². The fraction of sp³-hybridized carbons (Fsp3) is 0.400. The highest BCUT2D eigenvalue weighted by Gasteiger charge is 2.18. The van der Waals surface area contributed by atoms with Crippen LogP contribution in [0.25, 0.3) is 0 Å². The summed E-state index contributed by atoms with van der Waals surface area (Å²) < 4.78 is 13.0. The molecule has 1 atom stereocenters. The highest BCUT2D eigenvalue weighted by Crippen LogP contribution is 2.28. The van der Waals surface area contributed by atoms with Gasteiger partial charge in [0.1, 0.15) is 5.82 Å². The Morgan fingerprint density at radius 3 is 3.00 bits per heavy atom. The average molecular weight is 200 g/mol. The van der Waals surface area contributed by atoms with Crippen LogP contribution in [0.4, 0.5) is 4.39 Å². The first-order valence-corrected chi connectivity index (χ1v) is 4.77. The zero-order valence-electron chi connectivity index (χ0n) is 7.19. The van der Waals surface area contributed by atoms with Gasteiger partial charge in [-0.15, -0.1) is 0 Å². The molecule has 2 N–H and O–H groups in total. The lowest BCUT2D eigenvalue weighted by Gasteiger charge is -2.22. The Morgan fingerprint density at radius 2 is 2.23 bits per heavy atom. The second-order valence-corrected chi connectivity index (χ2v) is 3.94. The van der Waals surface area contributed by atoms with Crippen LogP contribution in [0.3, 0.4) is 0 Å². The molecule has 0 aromatic heterocycles. The van der Waals surface area contributed by atoms with Crippen LogP contribution in [0.1, 0.15) is 17.5 Å². The van der Waals surface area contributed by atoms with E-state index in [-0.39, 0.29) is 11.9 Å². The minimum absolute atomic E-state index is 0.158.